The van der Waals surface area contributed by atoms with Crippen LogP contribution in [0, 0.1) is 6.92 Å². The first-order valence-electron chi connectivity index (χ1n) is 6.23. The average molecular weight is 243 g/mol. The van der Waals surface area contributed by atoms with Crippen LogP contribution in [0.4, 0.5) is 11.5 Å². The summed E-state index contributed by atoms with van der Waals surface area (Å²) in [4.78, 5) is 7.04. The Morgan fingerprint density at radius 2 is 2.00 bits per heavy atom. The second-order valence-corrected chi connectivity index (χ2v) is 4.68. The summed E-state index contributed by atoms with van der Waals surface area (Å²) in [6.07, 6.45) is 0. The number of nitrogens with zero attached hydrogens (tertiary/aromatic N) is 2. The maximum Gasteiger partial charge on any atom is 0.132 e. The molecule has 2 heterocycles. The number of aromatic nitrogens is 1. The highest BCUT2D eigenvalue weighted by Crippen LogP contribution is 2.24. The molecule has 94 valence electrons. The van der Waals surface area contributed by atoms with Crippen LogP contribution in [0.1, 0.15) is 5.56 Å². The van der Waals surface area contributed by atoms with Crippen LogP contribution >= 0.6 is 0 Å². The highest BCUT2D eigenvalue weighted by molar-refractivity contribution is 5.84. The molecule has 0 spiro atoms. The number of benzene rings is 1. The lowest BCUT2D eigenvalue weighted by molar-refractivity contribution is 0.122. The molecule has 1 aromatic heterocycles. The molecule has 1 aliphatic heterocycles. The molecule has 2 N–H and O–H groups in total. The predicted molar refractivity (Wildman–Crippen MR) is 73.9 cm³/mol. The number of pyridine rings is 1. The summed E-state index contributed by atoms with van der Waals surface area (Å²) in [5.41, 5.74) is 8.77. The lowest BCUT2D eigenvalue weighted by atomic mass is 10.1. The number of morpholine rings is 1. The molecule has 18 heavy (non-hydrogen) atoms. The first kappa shape index (κ1) is 11.3. The molecular weight excluding hydrogens is 226 g/mol. The Hall–Kier alpha value is -1.81. The molecular formula is C14H17N3O. The normalized spacial score (nSPS) is 16.2. The smallest absolute Gasteiger partial charge is 0.132 e. The van der Waals surface area contributed by atoms with E-state index in [9.17, 15) is 0 Å². The maximum absolute atomic E-state index is 5.80. The number of nitrogens with two attached hydrogens (primary N) is 1. The van der Waals surface area contributed by atoms with E-state index in [4.69, 9.17) is 15.5 Å². The Labute approximate surface area is 106 Å². The van der Waals surface area contributed by atoms with E-state index in [0.717, 1.165) is 48.7 Å². The van der Waals surface area contributed by atoms with Crippen molar-refractivity contribution in [2.75, 3.05) is 36.9 Å². The van der Waals surface area contributed by atoms with Crippen LogP contribution in [0.15, 0.2) is 24.3 Å². The van der Waals surface area contributed by atoms with E-state index >= 15 is 0 Å². The largest absolute Gasteiger partial charge is 0.399 e. The van der Waals surface area contributed by atoms with Gasteiger partial charge in [-0.15, -0.1) is 0 Å². The van der Waals surface area contributed by atoms with Gasteiger partial charge in [-0.3, -0.25) is 0 Å². The fourth-order valence-electron chi connectivity index (χ4n) is 2.39. The molecule has 0 bridgehead atoms. The van der Waals surface area contributed by atoms with E-state index in [0.29, 0.717) is 0 Å². The number of fused-ring (bicyclic) bond motifs is 1. The molecule has 0 radical (unpaired) electrons. The Morgan fingerprint density at radius 1 is 1.22 bits per heavy atom. The van der Waals surface area contributed by atoms with E-state index in [1.807, 2.05) is 18.2 Å². The SMILES string of the molecule is Cc1cc2cc(N)ccc2nc1N1CCOCC1. The highest BCUT2D eigenvalue weighted by atomic mass is 16.5. The van der Waals surface area contributed by atoms with Crippen LogP contribution in [-0.2, 0) is 4.74 Å². The minimum Gasteiger partial charge on any atom is -0.399 e. The lowest BCUT2D eigenvalue weighted by Gasteiger charge is -2.29. The van der Waals surface area contributed by atoms with Crippen molar-refractivity contribution in [1.29, 1.82) is 0 Å². The Bertz CT molecular complexity index is 577. The Morgan fingerprint density at radius 3 is 2.78 bits per heavy atom. The summed E-state index contributed by atoms with van der Waals surface area (Å²) in [5.74, 6) is 1.07. The zero-order chi connectivity index (χ0) is 12.5. The van der Waals surface area contributed by atoms with Crippen LogP contribution in [0.2, 0.25) is 0 Å². The minimum absolute atomic E-state index is 0.779. The van der Waals surface area contributed by atoms with Gasteiger partial charge in [0.25, 0.3) is 0 Å². The van der Waals surface area contributed by atoms with E-state index in [-0.39, 0.29) is 0 Å². The number of nitrogen functional groups attached to an aromatic ring is 1. The summed E-state index contributed by atoms with van der Waals surface area (Å²) in [6.45, 7) is 5.48. The predicted octanol–water partition coefficient (Wildman–Crippen LogP) is 1.96. The highest BCUT2D eigenvalue weighted by Gasteiger charge is 2.15. The van der Waals surface area contributed by atoms with Crippen LogP contribution in [0.25, 0.3) is 10.9 Å². The molecule has 1 fully saturated rings. The maximum atomic E-state index is 5.80. The van der Waals surface area contributed by atoms with Crippen LogP contribution in [0.5, 0.6) is 0 Å². The van der Waals surface area contributed by atoms with Gasteiger partial charge in [0.2, 0.25) is 0 Å². The number of ether oxygens (including phenoxy) is 1. The minimum atomic E-state index is 0.779. The zero-order valence-electron chi connectivity index (χ0n) is 10.5. The van der Waals surface area contributed by atoms with Crippen LogP contribution in [-0.4, -0.2) is 31.3 Å². The molecule has 1 saturated heterocycles. The standard InChI is InChI=1S/C14H17N3O/c1-10-8-11-9-12(15)2-3-13(11)16-14(10)17-4-6-18-7-5-17/h2-3,8-9H,4-7,15H2,1H3. The third-order valence-corrected chi connectivity index (χ3v) is 3.31. The van der Waals surface area contributed by atoms with Crippen molar-refractivity contribution in [2.45, 2.75) is 6.92 Å². The van der Waals surface area contributed by atoms with Crippen molar-refractivity contribution in [3.8, 4) is 0 Å². The number of hydrogen-bond acceptors (Lipinski definition) is 4. The van der Waals surface area contributed by atoms with Crippen LogP contribution in [0.3, 0.4) is 0 Å². The van der Waals surface area contributed by atoms with Crippen molar-refractivity contribution in [2.24, 2.45) is 0 Å². The second kappa shape index (κ2) is 4.46. The Kier molecular flexibility index (Phi) is 2.80. The quantitative estimate of drug-likeness (QED) is 0.778. The number of hydrogen-bond donors (Lipinski definition) is 1. The van der Waals surface area contributed by atoms with E-state index in [1.54, 1.807) is 0 Å². The molecule has 0 amide bonds. The topological polar surface area (TPSA) is 51.4 Å². The third kappa shape index (κ3) is 1.99. The van der Waals surface area contributed by atoms with Crippen molar-refractivity contribution in [1.82, 2.24) is 4.98 Å². The second-order valence-electron chi connectivity index (χ2n) is 4.68. The van der Waals surface area contributed by atoms with Gasteiger partial charge in [-0.05, 0) is 36.8 Å². The van der Waals surface area contributed by atoms with E-state index < -0.39 is 0 Å². The zero-order valence-corrected chi connectivity index (χ0v) is 10.5. The molecule has 4 nitrogen and oxygen atoms in total. The van der Waals surface area contributed by atoms with Gasteiger partial charge in [0, 0.05) is 24.2 Å². The third-order valence-electron chi connectivity index (χ3n) is 3.31. The number of anilines is 2. The molecule has 0 aliphatic carbocycles. The van der Waals surface area contributed by atoms with Gasteiger partial charge in [-0.25, -0.2) is 4.98 Å². The first-order valence-corrected chi connectivity index (χ1v) is 6.23. The van der Waals surface area contributed by atoms with Crippen molar-refractivity contribution in [3.63, 3.8) is 0 Å². The molecule has 3 rings (SSSR count). The molecule has 0 unspecified atom stereocenters. The first-order chi connectivity index (χ1) is 8.74. The van der Waals surface area contributed by atoms with E-state index in [1.165, 1.54) is 5.56 Å². The van der Waals surface area contributed by atoms with Crippen LogP contribution < -0.4 is 10.6 Å². The summed E-state index contributed by atoms with van der Waals surface area (Å²) in [6, 6.07) is 8.00. The van der Waals surface area contributed by atoms with Crippen molar-refractivity contribution >= 4 is 22.4 Å². The molecule has 0 atom stereocenters. The molecule has 1 aromatic carbocycles. The summed E-state index contributed by atoms with van der Waals surface area (Å²) in [7, 11) is 0. The van der Waals surface area contributed by atoms with Gasteiger partial charge in [0.1, 0.15) is 5.82 Å². The van der Waals surface area contributed by atoms with Gasteiger partial charge in [-0.1, -0.05) is 0 Å². The lowest BCUT2D eigenvalue weighted by Crippen LogP contribution is -2.37. The average Bonchev–Trinajstić information content (AvgIpc) is 2.39. The van der Waals surface area contributed by atoms with Crippen molar-refractivity contribution in [3.05, 3.63) is 29.8 Å². The van der Waals surface area contributed by atoms with Gasteiger partial charge in [0.15, 0.2) is 0 Å². The molecule has 0 saturated carbocycles. The summed E-state index contributed by atoms with van der Waals surface area (Å²) >= 11 is 0. The monoisotopic (exact) mass is 243 g/mol. The van der Waals surface area contributed by atoms with Gasteiger partial charge < -0.3 is 15.4 Å². The molecule has 2 aromatic rings. The van der Waals surface area contributed by atoms with Gasteiger partial charge >= 0.3 is 0 Å². The van der Waals surface area contributed by atoms with Gasteiger partial charge in [0.05, 0.1) is 18.7 Å². The fourth-order valence-corrected chi connectivity index (χ4v) is 2.39. The Balaban J connectivity index is 2.06. The molecule has 4 heteroatoms. The van der Waals surface area contributed by atoms with Gasteiger partial charge in [-0.2, -0.15) is 0 Å². The number of aryl methyl sites for hydroxylation is 1. The number of rotatable bonds is 1. The van der Waals surface area contributed by atoms with Crippen molar-refractivity contribution < 1.29 is 4.74 Å². The summed E-state index contributed by atoms with van der Waals surface area (Å²) < 4.78 is 5.38. The van der Waals surface area contributed by atoms with E-state index in [2.05, 4.69) is 17.9 Å². The molecule has 1 aliphatic rings. The summed E-state index contributed by atoms with van der Waals surface area (Å²) in [5, 5.41) is 1.10. The fraction of sp³-hybridized carbons (Fsp3) is 0.357.